The molecule has 0 saturated heterocycles. The molecule has 5 heteroatoms. The molecule has 0 fully saturated rings. The largest absolute Gasteiger partial charge is 0.373 e. The Balaban J connectivity index is 2.90. The molecular weight excluding hydrogens is 314 g/mol. The Morgan fingerprint density at radius 3 is 2.32 bits per heavy atom. The minimum absolute atomic E-state index is 0.158. The molecule has 102 valence electrons. The highest BCUT2D eigenvalue weighted by atomic mass is 79.9. The lowest BCUT2D eigenvalue weighted by Crippen LogP contribution is -2.15. The van der Waals surface area contributed by atoms with Crippen molar-refractivity contribution in [3.8, 4) is 0 Å². The second kappa shape index (κ2) is 4.71. The fourth-order valence-electron chi connectivity index (χ4n) is 2.00. The van der Waals surface area contributed by atoms with Gasteiger partial charge in [0.15, 0.2) is 5.82 Å². The van der Waals surface area contributed by atoms with E-state index in [1.165, 1.54) is 0 Å². The zero-order valence-corrected chi connectivity index (χ0v) is 12.8. The first-order valence-electron chi connectivity index (χ1n) is 5.92. The van der Waals surface area contributed by atoms with Crippen molar-refractivity contribution >= 4 is 32.7 Å². The summed E-state index contributed by atoms with van der Waals surface area (Å²) < 4.78 is 27.7. The van der Waals surface area contributed by atoms with Crippen LogP contribution in [0.4, 0.5) is 14.6 Å². The van der Waals surface area contributed by atoms with Crippen LogP contribution < -0.4 is 5.32 Å². The van der Waals surface area contributed by atoms with E-state index in [9.17, 15) is 8.78 Å². The Bertz CT molecular complexity index is 648. The number of rotatable bonds is 1. The van der Waals surface area contributed by atoms with Crippen LogP contribution in [0, 0.1) is 11.6 Å². The predicted octanol–water partition coefficient (Wildman–Crippen LogP) is 4.61. The second-order valence-electron chi connectivity index (χ2n) is 5.43. The average molecular weight is 329 g/mol. The van der Waals surface area contributed by atoms with Gasteiger partial charge in [0.25, 0.3) is 0 Å². The lowest BCUT2D eigenvalue weighted by atomic mass is 9.86. The van der Waals surface area contributed by atoms with Crippen molar-refractivity contribution in [2.75, 3.05) is 12.4 Å². The number of benzene rings is 1. The van der Waals surface area contributed by atoms with Gasteiger partial charge in [0.2, 0.25) is 0 Å². The van der Waals surface area contributed by atoms with E-state index >= 15 is 0 Å². The minimum Gasteiger partial charge on any atom is -0.373 e. The van der Waals surface area contributed by atoms with Gasteiger partial charge in [-0.2, -0.15) is 0 Å². The molecule has 0 bridgehead atoms. The van der Waals surface area contributed by atoms with Gasteiger partial charge in [-0.3, -0.25) is 0 Å². The molecule has 2 nitrogen and oxygen atoms in total. The van der Waals surface area contributed by atoms with Crippen LogP contribution in [0.1, 0.15) is 26.3 Å². The smallest absolute Gasteiger partial charge is 0.152 e. The number of nitrogens with one attached hydrogen (secondary N) is 1. The van der Waals surface area contributed by atoms with Crippen molar-refractivity contribution in [2.45, 2.75) is 26.2 Å². The number of anilines is 1. The third-order valence-corrected chi connectivity index (χ3v) is 3.80. The van der Waals surface area contributed by atoms with Crippen LogP contribution in [-0.4, -0.2) is 12.0 Å². The topological polar surface area (TPSA) is 24.9 Å². The Morgan fingerprint density at radius 1 is 1.16 bits per heavy atom. The number of aromatic nitrogens is 1. The first-order chi connectivity index (χ1) is 8.75. The van der Waals surface area contributed by atoms with Crippen molar-refractivity contribution in [1.82, 2.24) is 4.98 Å². The van der Waals surface area contributed by atoms with E-state index in [1.807, 2.05) is 20.8 Å². The van der Waals surface area contributed by atoms with Gasteiger partial charge in [-0.25, -0.2) is 13.8 Å². The molecule has 0 saturated carbocycles. The summed E-state index contributed by atoms with van der Waals surface area (Å²) in [6, 6.07) is 2.63. The fourth-order valence-corrected chi connectivity index (χ4v) is 2.41. The van der Waals surface area contributed by atoms with Crippen molar-refractivity contribution in [3.05, 3.63) is 33.8 Å². The van der Waals surface area contributed by atoms with Gasteiger partial charge < -0.3 is 5.32 Å². The Morgan fingerprint density at radius 2 is 1.79 bits per heavy atom. The van der Waals surface area contributed by atoms with Crippen LogP contribution in [0.15, 0.2) is 16.6 Å². The van der Waals surface area contributed by atoms with Gasteiger partial charge in [-0.15, -0.1) is 0 Å². The molecule has 2 aromatic rings. The van der Waals surface area contributed by atoms with E-state index in [2.05, 4.69) is 26.2 Å². The molecule has 0 radical (unpaired) electrons. The van der Waals surface area contributed by atoms with E-state index in [0.717, 1.165) is 11.6 Å². The summed E-state index contributed by atoms with van der Waals surface area (Å²) >= 11 is 3.16. The van der Waals surface area contributed by atoms with E-state index in [4.69, 9.17) is 0 Å². The highest BCUT2D eigenvalue weighted by Gasteiger charge is 2.22. The van der Waals surface area contributed by atoms with E-state index in [1.54, 1.807) is 13.1 Å². The SMILES string of the molecule is CNc1nc2c(F)cc(F)c(Br)c2cc1C(C)(C)C. The Hall–Kier alpha value is -1.23. The molecule has 1 N–H and O–H groups in total. The molecule has 2 rings (SSSR count). The van der Waals surface area contributed by atoms with Gasteiger partial charge in [-0.05, 0) is 27.4 Å². The van der Waals surface area contributed by atoms with E-state index < -0.39 is 11.6 Å². The van der Waals surface area contributed by atoms with Gasteiger partial charge >= 0.3 is 0 Å². The van der Waals surface area contributed by atoms with Crippen LogP contribution in [0.25, 0.3) is 10.9 Å². The van der Waals surface area contributed by atoms with Gasteiger partial charge in [-0.1, -0.05) is 20.8 Å². The summed E-state index contributed by atoms with van der Waals surface area (Å²) in [5, 5.41) is 3.41. The van der Waals surface area contributed by atoms with Crippen molar-refractivity contribution in [1.29, 1.82) is 0 Å². The molecule has 1 heterocycles. The van der Waals surface area contributed by atoms with Gasteiger partial charge in [0.05, 0.1) is 4.47 Å². The summed E-state index contributed by atoms with van der Waals surface area (Å²) in [4.78, 5) is 4.28. The minimum atomic E-state index is -0.660. The van der Waals surface area contributed by atoms with Crippen LogP contribution in [0.2, 0.25) is 0 Å². The molecule has 0 unspecified atom stereocenters. The van der Waals surface area contributed by atoms with Crippen LogP contribution in [-0.2, 0) is 5.41 Å². The molecule has 1 aromatic carbocycles. The van der Waals surface area contributed by atoms with Crippen LogP contribution in [0.5, 0.6) is 0 Å². The zero-order chi connectivity index (χ0) is 14.4. The lowest BCUT2D eigenvalue weighted by molar-refractivity contribution is 0.581. The molecular formula is C14H15BrF2N2. The van der Waals surface area contributed by atoms with Crippen molar-refractivity contribution in [3.63, 3.8) is 0 Å². The van der Waals surface area contributed by atoms with Crippen LogP contribution >= 0.6 is 15.9 Å². The standard InChI is InChI=1S/C14H15BrF2N2/c1-14(2,3)8-5-7-11(15)9(16)6-10(17)12(7)19-13(8)18-4/h5-6H,1-4H3,(H,18,19). The summed E-state index contributed by atoms with van der Waals surface area (Å²) in [5.74, 6) is -0.672. The highest BCUT2D eigenvalue weighted by molar-refractivity contribution is 9.10. The van der Waals surface area contributed by atoms with Crippen molar-refractivity contribution in [2.24, 2.45) is 0 Å². The molecule has 19 heavy (non-hydrogen) atoms. The molecule has 0 amide bonds. The summed E-state index contributed by atoms with van der Waals surface area (Å²) in [7, 11) is 1.74. The maximum Gasteiger partial charge on any atom is 0.152 e. The number of fused-ring (bicyclic) bond motifs is 1. The first-order valence-corrected chi connectivity index (χ1v) is 6.71. The number of halogens is 3. The van der Waals surface area contributed by atoms with Crippen LogP contribution in [0.3, 0.4) is 0 Å². The van der Waals surface area contributed by atoms with E-state index in [-0.39, 0.29) is 15.4 Å². The van der Waals surface area contributed by atoms with Crippen molar-refractivity contribution < 1.29 is 8.78 Å². The predicted molar refractivity (Wildman–Crippen MR) is 77.6 cm³/mol. The van der Waals surface area contributed by atoms with Gasteiger partial charge in [0, 0.05) is 24.1 Å². The second-order valence-corrected chi connectivity index (χ2v) is 6.23. The number of hydrogen-bond acceptors (Lipinski definition) is 2. The summed E-state index contributed by atoms with van der Waals surface area (Å²) in [6.45, 7) is 6.08. The zero-order valence-electron chi connectivity index (χ0n) is 11.2. The monoisotopic (exact) mass is 328 g/mol. The maximum atomic E-state index is 13.8. The average Bonchev–Trinajstić information content (AvgIpc) is 2.33. The molecule has 0 spiro atoms. The lowest BCUT2D eigenvalue weighted by Gasteiger charge is -2.23. The molecule has 0 aliphatic carbocycles. The molecule has 1 aromatic heterocycles. The van der Waals surface area contributed by atoms with E-state index in [0.29, 0.717) is 11.2 Å². The molecule has 0 aliphatic rings. The number of hydrogen-bond donors (Lipinski definition) is 1. The molecule has 0 atom stereocenters. The number of nitrogens with zero attached hydrogens (tertiary/aromatic N) is 1. The Labute approximate surface area is 119 Å². The highest BCUT2D eigenvalue weighted by Crippen LogP contribution is 2.35. The molecule has 0 aliphatic heterocycles. The summed E-state index contributed by atoms with van der Waals surface area (Å²) in [5.41, 5.74) is 0.890. The first kappa shape index (κ1) is 14.2. The normalized spacial score (nSPS) is 11.9. The number of pyridine rings is 1. The third-order valence-electron chi connectivity index (χ3n) is 2.99. The maximum absolute atomic E-state index is 13.8. The third kappa shape index (κ3) is 2.43. The summed E-state index contributed by atoms with van der Waals surface area (Å²) in [6.07, 6.45) is 0. The fraction of sp³-hybridized carbons (Fsp3) is 0.357. The van der Waals surface area contributed by atoms with Gasteiger partial charge in [0.1, 0.15) is 17.2 Å². The Kier molecular flexibility index (Phi) is 3.51. The quantitative estimate of drug-likeness (QED) is 0.773.